The van der Waals surface area contributed by atoms with Crippen molar-refractivity contribution in [3.8, 4) is 0 Å². The minimum absolute atomic E-state index is 0.0873. The van der Waals surface area contributed by atoms with Crippen LogP contribution < -0.4 is 5.32 Å². The molecular formula is C13H16N2O. The Morgan fingerprint density at radius 2 is 2.00 bits per heavy atom. The van der Waals surface area contributed by atoms with E-state index in [4.69, 9.17) is 0 Å². The number of amides is 2. The van der Waals surface area contributed by atoms with Gasteiger partial charge in [-0.15, -0.1) is 0 Å². The topological polar surface area (TPSA) is 32.3 Å². The molecule has 2 rings (SSSR count). The Morgan fingerprint density at radius 1 is 1.38 bits per heavy atom. The van der Waals surface area contributed by atoms with E-state index in [1.54, 1.807) is 4.90 Å². The molecule has 2 amide bonds. The van der Waals surface area contributed by atoms with E-state index < -0.39 is 5.54 Å². The highest BCUT2D eigenvalue weighted by Gasteiger charge is 2.46. The van der Waals surface area contributed by atoms with Crippen LogP contribution in [0.4, 0.5) is 4.79 Å². The number of nitrogens with one attached hydrogen (secondary N) is 1. The molecule has 1 heterocycles. The predicted octanol–water partition coefficient (Wildman–Crippen LogP) is 2.46. The summed E-state index contributed by atoms with van der Waals surface area (Å²) in [6.45, 7) is 6.05. The van der Waals surface area contributed by atoms with Gasteiger partial charge in [0.2, 0.25) is 0 Å². The number of hydrogen-bond donors (Lipinski definition) is 1. The van der Waals surface area contributed by atoms with Crippen molar-refractivity contribution in [1.82, 2.24) is 10.2 Å². The molecule has 1 aromatic rings. The summed E-state index contributed by atoms with van der Waals surface area (Å²) in [6, 6.07) is 9.92. The van der Waals surface area contributed by atoms with E-state index in [0.717, 1.165) is 17.7 Å². The summed E-state index contributed by atoms with van der Waals surface area (Å²) >= 11 is 0. The molecule has 16 heavy (non-hydrogen) atoms. The fourth-order valence-electron chi connectivity index (χ4n) is 2.43. The maximum Gasteiger partial charge on any atom is 0.322 e. The quantitative estimate of drug-likeness (QED) is 0.809. The van der Waals surface area contributed by atoms with Crippen molar-refractivity contribution in [2.75, 3.05) is 7.05 Å². The van der Waals surface area contributed by atoms with Gasteiger partial charge in [0, 0.05) is 12.7 Å². The number of nitrogens with zero attached hydrogens (tertiary/aromatic N) is 1. The van der Waals surface area contributed by atoms with Gasteiger partial charge in [-0.2, -0.15) is 0 Å². The predicted molar refractivity (Wildman–Crippen MR) is 63.8 cm³/mol. The van der Waals surface area contributed by atoms with Gasteiger partial charge in [-0.05, 0) is 12.0 Å². The molecule has 1 unspecified atom stereocenters. The second-order valence-electron chi connectivity index (χ2n) is 4.05. The van der Waals surface area contributed by atoms with E-state index in [1.807, 2.05) is 37.4 Å². The van der Waals surface area contributed by atoms with E-state index in [-0.39, 0.29) is 6.03 Å². The summed E-state index contributed by atoms with van der Waals surface area (Å²) in [4.78, 5) is 13.4. The van der Waals surface area contributed by atoms with Gasteiger partial charge in [0.1, 0.15) is 5.54 Å². The Labute approximate surface area is 95.8 Å². The first-order chi connectivity index (χ1) is 7.63. The zero-order valence-corrected chi connectivity index (χ0v) is 9.66. The van der Waals surface area contributed by atoms with Gasteiger partial charge in [-0.1, -0.05) is 43.8 Å². The van der Waals surface area contributed by atoms with Crippen molar-refractivity contribution >= 4 is 6.03 Å². The van der Waals surface area contributed by atoms with E-state index in [2.05, 4.69) is 18.8 Å². The Balaban J connectivity index is 2.56. The van der Waals surface area contributed by atoms with Gasteiger partial charge < -0.3 is 10.2 Å². The number of likely N-dealkylation sites (N-methyl/N-ethyl adjacent to an activating group) is 1. The minimum atomic E-state index is -0.404. The van der Waals surface area contributed by atoms with Crippen LogP contribution in [0.1, 0.15) is 18.9 Å². The number of carbonyl (C=O) groups excluding carboxylic acids is 1. The highest BCUT2D eigenvalue weighted by atomic mass is 16.2. The lowest BCUT2D eigenvalue weighted by atomic mass is 9.84. The third-order valence-corrected chi connectivity index (χ3v) is 3.40. The molecule has 3 heteroatoms. The van der Waals surface area contributed by atoms with Crippen LogP contribution in [0, 0.1) is 0 Å². The average molecular weight is 216 g/mol. The van der Waals surface area contributed by atoms with Gasteiger partial charge in [0.15, 0.2) is 0 Å². The SMILES string of the molecule is C=C1NC(=O)N(C)C1(CC)c1ccccc1. The normalized spacial score (nSPS) is 24.8. The van der Waals surface area contributed by atoms with Crippen LogP contribution in [0.25, 0.3) is 0 Å². The Hall–Kier alpha value is -1.77. The first kappa shape index (κ1) is 10.7. The van der Waals surface area contributed by atoms with Crippen molar-refractivity contribution in [3.63, 3.8) is 0 Å². The maximum atomic E-state index is 11.7. The Morgan fingerprint density at radius 3 is 2.44 bits per heavy atom. The highest BCUT2D eigenvalue weighted by Crippen LogP contribution is 2.39. The van der Waals surface area contributed by atoms with E-state index in [0.29, 0.717) is 0 Å². The zero-order valence-electron chi connectivity index (χ0n) is 9.66. The largest absolute Gasteiger partial charge is 0.322 e. The fraction of sp³-hybridized carbons (Fsp3) is 0.308. The van der Waals surface area contributed by atoms with Crippen LogP contribution in [-0.2, 0) is 5.54 Å². The smallest absolute Gasteiger partial charge is 0.312 e. The lowest BCUT2D eigenvalue weighted by molar-refractivity contribution is 0.183. The molecule has 1 N–H and O–H groups in total. The lowest BCUT2D eigenvalue weighted by Gasteiger charge is -2.34. The van der Waals surface area contributed by atoms with Crippen LogP contribution in [0.5, 0.6) is 0 Å². The number of urea groups is 1. The van der Waals surface area contributed by atoms with Crippen LogP contribution in [0.3, 0.4) is 0 Å². The number of rotatable bonds is 2. The van der Waals surface area contributed by atoms with E-state index >= 15 is 0 Å². The van der Waals surface area contributed by atoms with Gasteiger partial charge in [-0.25, -0.2) is 4.79 Å². The molecule has 3 nitrogen and oxygen atoms in total. The molecule has 1 aliphatic heterocycles. The first-order valence-corrected chi connectivity index (χ1v) is 5.42. The van der Waals surface area contributed by atoms with Crippen LogP contribution in [-0.4, -0.2) is 18.0 Å². The number of carbonyl (C=O) groups is 1. The third kappa shape index (κ3) is 1.24. The second-order valence-corrected chi connectivity index (χ2v) is 4.05. The fourth-order valence-corrected chi connectivity index (χ4v) is 2.43. The molecule has 0 spiro atoms. The molecular weight excluding hydrogens is 200 g/mol. The van der Waals surface area contributed by atoms with Crippen molar-refractivity contribution in [3.05, 3.63) is 48.2 Å². The summed E-state index contributed by atoms with van der Waals surface area (Å²) < 4.78 is 0. The van der Waals surface area contributed by atoms with Gasteiger partial charge in [0.25, 0.3) is 0 Å². The second kappa shape index (κ2) is 3.67. The number of benzene rings is 1. The van der Waals surface area contributed by atoms with Crippen LogP contribution in [0.2, 0.25) is 0 Å². The monoisotopic (exact) mass is 216 g/mol. The average Bonchev–Trinajstić information content (AvgIpc) is 2.52. The summed E-state index contributed by atoms with van der Waals surface area (Å²) in [7, 11) is 1.81. The standard InChI is InChI=1S/C13H16N2O/c1-4-13(11-8-6-5-7-9-11)10(2)14-12(16)15(13)3/h5-9H,2,4H2,1,3H3,(H,14,16). The van der Waals surface area contributed by atoms with Crippen LogP contribution >= 0.6 is 0 Å². The van der Waals surface area contributed by atoms with Crippen molar-refractivity contribution in [2.45, 2.75) is 18.9 Å². The Bertz CT molecular complexity index is 427. The van der Waals surface area contributed by atoms with Gasteiger partial charge >= 0.3 is 6.03 Å². The molecule has 1 aliphatic rings. The minimum Gasteiger partial charge on any atom is -0.312 e. The van der Waals surface area contributed by atoms with E-state index in [9.17, 15) is 4.79 Å². The molecule has 0 radical (unpaired) electrons. The summed E-state index contributed by atoms with van der Waals surface area (Å²) in [6.07, 6.45) is 0.811. The first-order valence-electron chi connectivity index (χ1n) is 5.42. The highest BCUT2D eigenvalue weighted by molar-refractivity contribution is 5.82. The Kier molecular flexibility index (Phi) is 2.46. The number of hydrogen-bond acceptors (Lipinski definition) is 1. The molecule has 0 aliphatic carbocycles. The molecule has 0 saturated carbocycles. The van der Waals surface area contributed by atoms with Crippen LogP contribution in [0.15, 0.2) is 42.6 Å². The van der Waals surface area contributed by atoms with E-state index in [1.165, 1.54) is 0 Å². The van der Waals surface area contributed by atoms with Crippen molar-refractivity contribution < 1.29 is 4.79 Å². The third-order valence-electron chi connectivity index (χ3n) is 3.40. The molecule has 0 aromatic heterocycles. The summed E-state index contributed by atoms with van der Waals surface area (Å²) in [5.74, 6) is 0. The molecule has 84 valence electrons. The summed E-state index contributed by atoms with van der Waals surface area (Å²) in [5.41, 5.74) is 1.45. The molecule has 1 saturated heterocycles. The van der Waals surface area contributed by atoms with Gasteiger partial charge in [0.05, 0.1) is 0 Å². The molecule has 1 atom stereocenters. The molecule has 1 fully saturated rings. The van der Waals surface area contributed by atoms with Crippen molar-refractivity contribution in [2.24, 2.45) is 0 Å². The lowest BCUT2D eigenvalue weighted by Crippen LogP contribution is -2.40. The molecule has 1 aromatic carbocycles. The summed E-state index contributed by atoms with van der Waals surface area (Å²) in [5, 5.41) is 2.80. The van der Waals surface area contributed by atoms with Crippen molar-refractivity contribution in [1.29, 1.82) is 0 Å². The van der Waals surface area contributed by atoms with Gasteiger partial charge in [-0.3, -0.25) is 0 Å². The molecule has 0 bridgehead atoms. The maximum absolute atomic E-state index is 11.7. The zero-order chi connectivity index (χ0) is 11.8.